The molecule has 0 radical (unpaired) electrons. The molecule has 0 saturated heterocycles. The van der Waals surface area contributed by atoms with E-state index in [1.54, 1.807) is 0 Å². The van der Waals surface area contributed by atoms with E-state index in [0.29, 0.717) is 12.3 Å². The van der Waals surface area contributed by atoms with E-state index >= 15 is 0 Å². The zero-order valence-electron chi connectivity index (χ0n) is 11.8. The maximum Gasteiger partial charge on any atom is 0.346 e. The molecule has 3 rings (SSSR count). The van der Waals surface area contributed by atoms with Gasteiger partial charge < -0.3 is 5.32 Å². The minimum absolute atomic E-state index is 0.0317. The Labute approximate surface area is 131 Å². The Balaban J connectivity index is 1.86. The first-order valence-corrected chi connectivity index (χ1v) is 6.50. The molecule has 24 heavy (non-hydrogen) atoms. The highest BCUT2D eigenvalue weighted by molar-refractivity contribution is 6.03. The number of hydrogen-bond acceptors (Lipinski definition) is 4. The van der Waals surface area contributed by atoms with E-state index in [2.05, 4.69) is 15.4 Å². The Bertz CT molecular complexity index is 983. The second-order valence-electron chi connectivity index (χ2n) is 4.63. The summed E-state index contributed by atoms with van der Waals surface area (Å²) in [6.07, 6.45) is 2.93. The van der Waals surface area contributed by atoms with Crippen LogP contribution in [0.1, 0.15) is 10.4 Å². The summed E-state index contributed by atoms with van der Waals surface area (Å²) >= 11 is 0. The molecule has 1 aromatic carbocycles. The Morgan fingerprint density at radius 1 is 1.17 bits per heavy atom. The molecule has 2 aromatic heterocycles. The van der Waals surface area contributed by atoms with Crippen LogP contribution in [0.3, 0.4) is 0 Å². The molecule has 0 unspecified atom stereocenters. The number of carbonyl (C=O) groups is 1. The van der Waals surface area contributed by atoms with Gasteiger partial charge in [-0.3, -0.25) is 9.78 Å². The zero-order chi connectivity index (χ0) is 17.3. The summed E-state index contributed by atoms with van der Waals surface area (Å²) in [5, 5.41) is 5.93. The largest absolute Gasteiger partial charge is 0.346 e. The molecule has 0 spiro atoms. The maximum atomic E-state index is 13.7. The smallest absolute Gasteiger partial charge is 0.305 e. The van der Waals surface area contributed by atoms with Crippen LogP contribution in [0.5, 0.6) is 0 Å². The van der Waals surface area contributed by atoms with Crippen molar-refractivity contribution < 1.29 is 18.0 Å². The number of aromatic amines is 1. The number of hydrogen-bond donors (Lipinski definition) is 2. The average molecular weight is 335 g/mol. The van der Waals surface area contributed by atoms with Gasteiger partial charge in [-0.05, 0) is 12.1 Å². The molecule has 122 valence electrons. The second-order valence-corrected chi connectivity index (χ2v) is 4.63. The predicted molar refractivity (Wildman–Crippen MR) is 76.2 cm³/mol. The Morgan fingerprint density at radius 2 is 1.96 bits per heavy atom. The summed E-state index contributed by atoms with van der Waals surface area (Å²) in [5.41, 5.74) is -0.939. The molecule has 10 heteroatoms. The van der Waals surface area contributed by atoms with Gasteiger partial charge >= 0.3 is 5.69 Å². The van der Waals surface area contributed by atoms with Crippen LogP contribution in [0.25, 0.3) is 5.69 Å². The minimum atomic E-state index is -0.931. The number of benzene rings is 1. The first kappa shape index (κ1) is 15.5. The number of nitrogens with zero attached hydrogens (tertiary/aromatic N) is 3. The Morgan fingerprint density at radius 3 is 2.71 bits per heavy atom. The van der Waals surface area contributed by atoms with Crippen molar-refractivity contribution in [3.8, 4) is 5.69 Å². The lowest BCUT2D eigenvalue weighted by Gasteiger charge is -2.04. The van der Waals surface area contributed by atoms with E-state index in [1.807, 2.05) is 4.98 Å². The average Bonchev–Trinajstić information content (AvgIpc) is 3.00. The third kappa shape index (κ3) is 3.02. The second kappa shape index (κ2) is 5.99. The third-order valence-corrected chi connectivity index (χ3v) is 3.01. The van der Waals surface area contributed by atoms with E-state index in [1.165, 1.54) is 6.20 Å². The maximum absolute atomic E-state index is 13.7. The molecule has 0 fully saturated rings. The molecule has 2 heterocycles. The summed E-state index contributed by atoms with van der Waals surface area (Å²) < 4.78 is 41.1. The lowest BCUT2D eigenvalue weighted by molar-refractivity contribution is 0.102. The lowest BCUT2D eigenvalue weighted by Crippen LogP contribution is -2.19. The van der Waals surface area contributed by atoms with Crippen molar-refractivity contribution in [1.29, 1.82) is 0 Å². The van der Waals surface area contributed by atoms with Gasteiger partial charge in [-0.25, -0.2) is 22.6 Å². The Hall–Kier alpha value is -3.43. The van der Waals surface area contributed by atoms with E-state index < -0.39 is 34.9 Å². The number of halogens is 3. The molecule has 0 saturated carbocycles. The Kier molecular flexibility index (Phi) is 3.86. The van der Waals surface area contributed by atoms with Crippen molar-refractivity contribution in [3.05, 3.63) is 70.3 Å². The molecule has 2 N–H and O–H groups in total. The standard InChI is InChI=1S/C14H8F3N5O2/c15-8-1-2-11(9(16)3-8)22-6-7(4-19-22)13(23)20-12-10(17)5-18-14(24)21-12/h1-6H,(H2,18,20,21,23,24). The van der Waals surface area contributed by atoms with Gasteiger partial charge in [0.05, 0.1) is 18.0 Å². The molecule has 7 nitrogen and oxygen atoms in total. The first-order chi connectivity index (χ1) is 11.4. The summed E-state index contributed by atoms with van der Waals surface area (Å²) in [7, 11) is 0. The lowest BCUT2D eigenvalue weighted by atomic mass is 10.3. The van der Waals surface area contributed by atoms with Gasteiger partial charge in [0.2, 0.25) is 0 Å². The van der Waals surface area contributed by atoms with Crippen LogP contribution < -0.4 is 11.0 Å². The summed E-state index contributed by atoms with van der Waals surface area (Å²) in [5.74, 6) is -3.79. The van der Waals surface area contributed by atoms with Crippen molar-refractivity contribution in [2.45, 2.75) is 0 Å². The van der Waals surface area contributed by atoms with Gasteiger partial charge in [0, 0.05) is 12.3 Å². The molecule has 0 aliphatic rings. The molecular weight excluding hydrogens is 327 g/mol. The summed E-state index contributed by atoms with van der Waals surface area (Å²) in [4.78, 5) is 28.3. The van der Waals surface area contributed by atoms with Crippen molar-refractivity contribution in [2.75, 3.05) is 5.32 Å². The van der Waals surface area contributed by atoms with Gasteiger partial charge in [0.25, 0.3) is 5.91 Å². The van der Waals surface area contributed by atoms with Gasteiger partial charge in [0.1, 0.15) is 11.5 Å². The van der Waals surface area contributed by atoms with E-state index in [0.717, 1.165) is 23.0 Å². The van der Waals surface area contributed by atoms with Gasteiger partial charge in [-0.15, -0.1) is 0 Å². The van der Waals surface area contributed by atoms with Gasteiger partial charge in [-0.2, -0.15) is 10.1 Å². The highest BCUT2D eigenvalue weighted by atomic mass is 19.1. The van der Waals surface area contributed by atoms with Crippen molar-refractivity contribution in [2.24, 2.45) is 0 Å². The fourth-order valence-corrected chi connectivity index (χ4v) is 1.89. The number of H-pyrrole nitrogens is 1. The van der Waals surface area contributed by atoms with Crippen LogP contribution in [0.2, 0.25) is 0 Å². The van der Waals surface area contributed by atoms with Crippen LogP contribution in [-0.2, 0) is 0 Å². The number of nitrogens with one attached hydrogen (secondary N) is 2. The molecule has 1 amide bonds. The van der Waals surface area contributed by atoms with Crippen LogP contribution in [0.4, 0.5) is 19.0 Å². The van der Waals surface area contributed by atoms with E-state index in [9.17, 15) is 22.8 Å². The minimum Gasteiger partial charge on any atom is -0.305 e. The molecule has 0 aliphatic heterocycles. The highest BCUT2D eigenvalue weighted by Crippen LogP contribution is 2.15. The number of anilines is 1. The normalized spacial score (nSPS) is 10.6. The van der Waals surface area contributed by atoms with Gasteiger partial charge in [-0.1, -0.05) is 0 Å². The fourth-order valence-electron chi connectivity index (χ4n) is 1.89. The number of carbonyl (C=O) groups excluding carboxylic acids is 1. The van der Waals surface area contributed by atoms with Crippen molar-refractivity contribution >= 4 is 11.7 Å². The van der Waals surface area contributed by atoms with Crippen LogP contribution in [0, 0.1) is 17.5 Å². The van der Waals surface area contributed by atoms with Gasteiger partial charge in [0.15, 0.2) is 17.5 Å². The predicted octanol–water partition coefficient (Wildman–Crippen LogP) is 1.63. The zero-order valence-corrected chi connectivity index (χ0v) is 11.8. The van der Waals surface area contributed by atoms with Crippen molar-refractivity contribution in [1.82, 2.24) is 19.7 Å². The van der Waals surface area contributed by atoms with E-state index in [4.69, 9.17) is 0 Å². The van der Waals surface area contributed by atoms with Crippen LogP contribution >= 0.6 is 0 Å². The SMILES string of the molecule is O=C(Nc1[nH]c(=O)ncc1F)c1cnn(-c2ccc(F)cc2F)c1. The topological polar surface area (TPSA) is 92.7 Å². The monoisotopic (exact) mass is 335 g/mol. The highest BCUT2D eigenvalue weighted by Gasteiger charge is 2.14. The third-order valence-electron chi connectivity index (χ3n) is 3.01. The molecular formula is C14H8F3N5O2. The number of aromatic nitrogens is 4. The first-order valence-electron chi connectivity index (χ1n) is 6.50. The molecule has 0 aliphatic carbocycles. The number of amides is 1. The van der Waals surface area contributed by atoms with E-state index in [-0.39, 0.29) is 11.3 Å². The van der Waals surface area contributed by atoms with Crippen LogP contribution in [-0.4, -0.2) is 25.7 Å². The molecule has 0 atom stereocenters. The van der Waals surface area contributed by atoms with Crippen molar-refractivity contribution in [3.63, 3.8) is 0 Å². The van der Waals surface area contributed by atoms with Crippen LogP contribution in [0.15, 0.2) is 41.6 Å². The molecule has 0 bridgehead atoms. The number of rotatable bonds is 3. The fraction of sp³-hybridized carbons (Fsp3) is 0. The molecule has 3 aromatic rings. The summed E-state index contributed by atoms with van der Waals surface area (Å²) in [6, 6.07) is 2.87. The summed E-state index contributed by atoms with van der Waals surface area (Å²) in [6.45, 7) is 0. The quantitative estimate of drug-likeness (QED) is 0.761.